The van der Waals surface area contributed by atoms with Crippen LogP contribution in [-0.2, 0) is 32.6 Å². The third-order valence-corrected chi connectivity index (χ3v) is 8.63. The van der Waals surface area contributed by atoms with Crippen LogP contribution in [0.4, 0.5) is 5.69 Å². The van der Waals surface area contributed by atoms with Crippen molar-refractivity contribution in [2.24, 2.45) is 5.92 Å². The van der Waals surface area contributed by atoms with Gasteiger partial charge >= 0.3 is 0 Å². The summed E-state index contributed by atoms with van der Waals surface area (Å²) in [4.78, 5) is 29.1. The van der Waals surface area contributed by atoms with E-state index < -0.39 is 28.5 Å². The Morgan fingerprint density at radius 3 is 2.17 bits per heavy atom. The first-order valence-corrected chi connectivity index (χ1v) is 16.0. The standard InChI is InChI=1S/C29H32BrCl2N3O4S/c1-20(2)17-33-29(37)27(16-21-9-5-4-6-10-21)34(18-22-13-14-24(31)25(32)15-22)28(36)19-35(40(3,38)39)26-12-8-7-11-23(26)30/h4-15,20,27H,16-19H2,1-3H3,(H,33,37). The van der Waals surface area contributed by atoms with Gasteiger partial charge in [0, 0.05) is 24.0 Å². The maximum absolute atomic E-state index is 14.1. The molecule has 0 aromatic heterocycles. The SMILES string of the molecule is CC(C)CNC(=O)C(Cc1ccccc1)N(Cc1ccc(Cl)c(Cl)c1)C(=O)CN(c1ccccc1Br)S(C)(=O)=O. The molecule has 0 fully saturated rings. The van der Waals surface area contributed by atoms with Crippen molar-refractivity contribution in [3.63, 3.8) is 0 Å². The number of hydrogen-bond donors (Lipinski definition) is 1. The van der Waals surface area contributed by atoms with Crippen molar-refractivity contribution >= 4 is 66.7 Å². The Morgan fingerprint density at radius 2 is 1.57 bits per heavy atom. The fourth-order valence-corrected chi connectivity index (χ4v) is 5.86. The Morgan fingerprint density at radius 1 is 0.925 bits per heavy atom. The van der Waals surface area contributed by atoms with Crippen LogP contribution in [-0.4, -0.2) is 50.5 Å². The number of carbonyl (C=O) groups is 2. The van der Waals surface area contributed by atoms with Gasteiger partial charge in [-0.15, -0.1) is 0 Å². The van der Waals surface area contributed by atoms with Gasteiger partial charge < -0.3 is 10.2 Å². The van der Waals surface area contributed by atoms with Gasteiger partial charge in [-0.2, -0.15) is 0 Å². The van der Waals surface area contributed by atoms with E-state index in [0.29, 0.717) is 32.3 Å². The molecule has 1 atom stereocenters. The molecule has 1 N–H and O–H groups in total. The van der Waals surface area contributed by atoms with E-state index in [1.807, 2.05) is 44.2 Å². The number of hydrogen-bond acceptors (Lipinski definition) is 4. The van der Waals surface area contributed by atoms with E-state index in [2.05, 4.69) is 21.2 Å². The van der Waals surface area contributed by atoms with Gasteiger partial charge in [0.25, 0.3) is 0 Å². The second-order valence-electron chi connectivity index (χ2n) is 9.84. The lowest BCUT2D eigenvalue weighted by Crippen LogP contribution is -2.53. The molecule has 3 rings (SSSR count). The molecule has 40 heavy (non-hydrogen) atoms. The summed E-state index contributed by atoms with van der Waals surface area (Å²) in [5, 5.41) is 3.61. The molecular formula is C29H32BrCl2N3O4S. The normalized spacial score (nSPS) is 12.2. The van der Waals surface area contributed by atoms with Crippen molar-refractivity contribution in [3.05, 3.63) is 98.4 Å². The first kappa shape index (κ1) is 31.9. The zero-order chi connectivity index (χ0) is 29.4. The molecule has 0 bridgehead atoms. The molecule has 7 nitrogen and oxygen atoms in total. The van der Waals surface area contributed by atoms with Gasteiger partial charge in [0.15, 0.2) is 0 Å². The van der Waals surface area contributed by atoms with Crippen molar-refractivity contribution in [1.29, 1.82) is 0 Å². The van der Waals surface area contributed by atoms with E-state index in [4.69, 9.17) is 23.2 Å². The second kappa shape index (κ2) is 14.3. The minimum atomic E-state index is -3.86. The van der Waals surface area contributed by atoms with Crippen LogP contribution in [0, 0.1) is 5.92 Å². The van der Waals surface area contributed by atoms with Crippen LogP contribution < -0.4 is 9.62 Å². The number of sulfonamides is 1. The molecule has 0 aliphatic rings. The van der Waals surface area contributed by atoms with E-state index in [1.54, 1.807) is 42.5 Å². The largest absolute Gasteiger partial charge is 0.354 e. The Labute approximate surface area is 254 Å². The Kier molecular flexibility index (Phi) is 11.5. The van der Waals surface area contributed by atoms with Crippen LogP contribution in [0.3, 0.4) is 0 Å². The molecule has 0 radical (unpaired) electrons. The number of halogens is 3. The number of carbonyl (C=O) groups excluding carboxylic acids is 2. The smallest absolute Gasteiger partial charge is 0.244 e. The van der Waals surface area contributed by atoms with Gasteiger partial charge in [-0.25, -0.2) is 8.42 Å². The summed E-state index contributed by atoms with van der Waals surface area (Å²) in [5.41, 5.74) is 1.81. The quantitative estimate of drug-likeness (QED) is 0.259. The maximum Gasteiger partial charge on any atom is 0.244 e. The number of benzene rings is 3. The van der Waals surface area contributed by atoms with Gasteiger partial charge in [0.2, 0.25) is 21.8 Å². The highest BCUT2D eigenvalue weighted by Gasteiger charge is 2.33. The fraction of sp³-hybridized carbons (Fsp3) is 0.310. The van der Waals surface area contributed by atoms with E-state index in [1.165, 1.54) is 4.90 Å². The average Bonchev–Trinajstić information content (AvgIpc) is 2.90. The topological polar surface area (TPSA) is 86.8 Å². The van der Waals surface area contributed by atoms with E-state index >= 15 is 0 Å². The molecule has 3 aromatic rings. The molecule has 0 aliphatic heterocycles. The Bertz CT molecular complexity index is 1440. The zero-order valence-corrected chi connectivity index (χ0v) is 26.4. The summed E-state index contributed by atoms with van der Waals surface area (Å²) in [6.07, 6.45) is 1.27. The molecule has 214 valence electrons. The van der Waals surface area contributed by atoms with Crippen LogP contribution in [0.1, 0.15) is 25.0 Å². The number of amides is 2. The van der Waals surface area contributed by atoms with Crippen LogP contribution in [0.2, 0.25) is 10.0 Å². The highest BCUT2D eigenvalue weighted by Crippen LogP contribution is 2.29. The van der Waals surface area contributed by atoms with E-state index in [-0.39, 0.29) is 24.8 Å². The van der Waals surface area contributed by atoms with Crippen molar-refractivity contribution in [2.75, 3.05) is 23.7 Å². The predicted octanol–water partition coefficient (Wildman–Crippen LogP) is 5.93. The van der Waals surface area contributed by atoms with Gasteiger partial charge in [-0.05, 0) is 57.2 Å². The van der Waals surface area contributed by atoms with Crippen molar-refractivity contribution in [3.8, 4) is 0 Å². The predicted molar refractivity (Wildman–Crippen MR) is 165 cm³/mol. The first-order valence-electron chi connectivity index (χ1n) is 12.6. The summed E-state index contributed by atoms with van der Waals surface area (Å²) in [5.74, 6) is -0.692. The lowest BCUT2D eigenvalue weighted by molar-refractivity contribution is -0.140. The van der Waals surface area contributed by atoms with E-state index in [0.717, 1.165) is 16.1 Å². The number of para-hydroxylation sites is 1. The first-order chi connectivity index (χ1) is 18.9. The molecule has 0 saturated carbocycles. The molecular weight excluding hydrogens is 637 g/mol. The van der Waals surface area contributed by atoms with Crippen LogP contribution in [0.5, 0.6) is 0 Å². The zero-order valence-electron chi connectivity index (χ0n) is 22.5. The molecule has 0 aliphatic carbocycles. The van der Waals surface area contributed by atoms with Gasteiger partial charge in [0.1, 0.15) is 12.6 Å². The van der Waals surface area contributed by atoms with Crippen molar-refractivity contribution in [2.45, 2.75) is 32.9 Å². The van der Waals surface area contributed by atoms with Crippen molar-refractivity contribution in [1.82, 2.24) is 10.2 Å². The summed E-state index contributed by atoms with van der Waals surface area (Å²) in [6.45, 7) is 3.88. The summed E-state index contributed by atoms with van der Waals surface area (Å²) in [7, 11) is -3.86. The third-order valence-electron chi connectivity index (χ3n) is 6.09. The molecule has 0 heterocycles. The number of anilines is 1. The molecule has 0 saturated heterocycles. The molecule has 3 aromatic carbocycles. The second-order valence-corrected chi connectivity index (χ2v) is 13.4. The Balaban J connectivity index is 2.07. The third kappa shape index (κ3) is 8.96. The van der Waals surface area contributed by atoms with Gasteiger partial charge in [-0.3, -0.25) is 13.9 Å². The van der Waals surface area contributed by atoms with Crippen LogP contribution in [0.25, 0.3) is 0 Å². The van der Waals surface area contributed by atoms with Gasteiger partial charge in [-0.1, -0.05) is 85.6 Å². The highest BCUT2D eigenvalue weighted by atomic mass is 79.9. The number of nitrogens with zero attached hydrogens (tertiary/aromatic N) is 2. The molecule has 1 unspecified atom stereocenters. The monoisotopic (exact) mass is 667 g/mol. The van der Waals surface area contributed by atoms with Crippen LogP contribution >= 0.6 is 39.1 Å². The fourth-order valence-electron chi connectivity index (χ4n) is 4.06. The summed E-state index contributed by atoms with van der Waals surface area (Å²) in [6, 6.07) is 20.2. The minimum absolute atomic E-state index is 0.00980. The lowest BCUT2D eigenvalue weighted by Gasteiger charge is -2.34. The minimum Gasteiger partial charge on any atom is -0.354 e. The lowest BCUT2D eigenvalue weighted by atomic mass is 10.0. The summed E-state index contributed by atoms with van der Waals surface area (Å²) < 4.78 is 27.3. The van der Waals surface area contributed by atoms with Gasteiger partial charge in [0.05, 0.1) is 22.0 Å². The van der Waals surface area contributed by atoms with Crippen LogP contribution in [0.15, 0.2) is 77.3 Å². The average molecular weight is 669 g/mol. The van der Waals surface area contributed by atoms with E-state index in [9.17, 15) is 18.0 Å². The molecule has 2 amide bonds. The summed E-state index contributed by atoms with van der Waals surface area (Å²) >= 11 is 15.8. The number of rotatable bonds is 12. The number of nitrogens with one attached hydrogen (secondary N) is 1. The molecule has 0 spiro atoms. The van der Waals surface area contributed by atoms with Crippen molar-refractivity contribution < 1.29 is 18.0 Å². The Hall–Kier alpha value is -2.59. The molecule has 11 heteroatoms. The highest BCUT2D eigenvalue weighted by molar-refractivity contribution is 9.10. The maximum atomic E-state index is 14.1.